The standard InChI is InChI=1S/C13H18N2O3/c14-6-3-10-4-7-15(8-5-10)13(17)11-1-2-12(16)18-9-11/h1-2,9-10H,3-8,14H2. The molecule has 1 aromatic rings. The van der Waals surface area contributed by atoms with Crippen molar-refractivity contribution in [1.82, 2.24) is 4.90 Å². The van der Waals surface area contributed by atoms with E-state index in [-0.39, 0.29) is 5.91 Å². The lowest BCUT2D eigenvalue weighted by atomic mass is 9.93. The molecule has 0 spiro atoms. The zero-order valence-electron chi connectivity index (χ0n) is 10.3. The number of rotatable bonds is 3. The van der Waals surface area contributed by atoms with E-state index in [9.17, 15) is 9.59 Å². The molecule has 0 radical (unpaired) electrons. The molecule has 0 aromatic carbocycles. The number of hydrogen-bond acceptors (Lipinski definition) is 4. The van der Waals surface area contributed by atoms with Gasteiger partial charge in [-0.05, 0) is 37.8 Å². The van der Waals surface area contributed by atoms with Gasteiger partial charge in [0.1, 0.15) is 6.26 Å². The molecule has 5 heteroatoms. The smallest absolute Gasteiger partial charge is 0.335 e. The molecule has 0 aliphatic carbocycles. The van der Waals surface area contributed by atoms with E-state index < -0.39 is 5.63 Å². The highest BCUT2D eigenvalue weighted by molar-refractivity contribution is 5.93. The summed E-state index contributed by atoms with van der Waals surface area (Å²) >= 11 is 0. The van der Waals surface area contributed by atoms with Crippen LogP contribution in [0.3, 0.4) is 0 Å². The summed E-state index contributed by atoms with van der Waals surface area (Å²) < 4.78 is 4.71. The highest BCUT2D eigenvalue weighted by Crippen LogP contribution is 2.21. The Labute approximate surface area is 106 Å². The Balaban J connectivity index is 1.95. The molecule has 2 rings (SSSR count). The maximum Gasteiger partial charge on any atom is 0.335 e. The Morgan fingerprint density at radius 2 is 2.11 bits per heavy atom. The molecular weight excluding hydrogens is 232 g/mol. The van der Waals surface area contributed by atoms with Crippen molar-refractivity contribution >= 4 is 5.91 Å². The number of amides is 1. The van der Waals surface area contributed by atoms with Crippen LogP contribution in [0.4, 0.5) is 0 Å². The number of likely N-dealkylation sites (tertiary alicyclic amines) is 1. The quantitative estimate of drug-likeness (QED) is 0.862. The Morgan fingerprint density at radius 3 is 2.67 bits per heavy atom. The normalized spacial score (nSPS) is 16.8. The number of carbonyl (C=O) groups is 1. The van der Waals surface area contributed by atoms with Crippen LogP contribution in [0.15, 0.2) is 27.6 Å². The third-order valence-electron chi connectivity index (χ3n) is 3.42. The van der Waals surface area contributed by atoms with Crippen LogP contribution in [-0.4, -0.2) is 30.4 Å². The Bertz CT molecular complexity index is 441. The SMILES string of the molecule is NCCC1CCN(C(=O)c2ccc(=O)oc2)CC1. The summed E-state index contributed by atoms with van der Waals surface area (Å²) in [5.74, 6) is 0.567. The van der Waals surface area contributed by atoms with Gasteiger partial charge in [-0.1, -0.05) is 0 Å². The minimum atomic E-state index is -0.437. The molecule has 1 aliphatic heterocycles. The average molecular weight is 250 g/mol. The number of piperidine rings is 1. The van der Waals surface area contributed by atoms with Gasteiger partial charge in [-0.15, -0.1) is 0 Å². The summed E-state index contributed by atoms with van der Waals surface area (Å²) in [6.07, 6.45) is 4.26. The molecule has 2 N–H and O–H groups in total. The second-order valence-electron chi connectivity index (χ2n) is 4.66. The molecule has 1 amide bonds. The second-order valence-corrected chi connectivity index (χ2v) is 4.66. The average Bonchev–Trinajstić information content (AvgIpc) is 2.40. The van der Waals surface area contributed by atoms with Gasteiger partial charge in [0.2, 0.25) is 0 Å². The molecular formula is C13H18N2O3. The Morgan fingerprint density at radius 1 is 1.39 bits per heavy atom. The van der Waals surface area contributed by atoms with E-state index in [4.69, 9.17) is 10.2 Å². The fraction of sp³-hybridized carbons (Fsp3) is 0.538. The zero-order valence-corrected chi connectivity index (χ0v) is 10.3. The van der Waals surface area contributed by atoms with Crippen molar-refractivity contribution < 1.29 is 9.21 Å². The molecule has 5 nitrogen and oxygen atoms in total. The highest BCUT2D eigenvalue weighted by Gasteiger charge is 2.23. The Kier molecular flexibility index (Phi) is 4.15. The summed E-state index contributed by atoms with van der Waals surface area (Å²) in [4.78, 5) is 24.8. The van der Waals surface area contributed by atoms with Gasteiger partial charge in [0, 0.05) is 19.2 Å². The molecule has 1 aromatic heterocycles. The zero-order chi connectivity index (χ0) is 13.0. The maximum atomic E-state index is 12.1. The fourth-order valence-electron chi connectivity index (χ4n) is 2.32. The first-order valence-corrected chi connectivity index (χ1v) is 6.29. The second kappa shape index (κ2) is 5.82. The van der Waals surface area contributed by atoms with E-state index in [1.165, 1.54) is 18.4 Å². The lowest BCUT2D eigenvalue weighted by molar-refractivity contribution is 0.0685. The van der Waals surface area contributed by atoms with Crippen molar-refractivity contribution in [3.8, 4) is 0 Å². The van der Waals surface area contributed by atoms with Gasteiger partial charge >= 0.3 is 5.63 Å². The van der Waals surface area contributed by atoms with Gasteiger partial charge in [0.15, 0.2) is 0 Å². The van der Waals surface area contributed by atoms with E-state index >= 15 is 0 Å². The maximum absolute atomic E-state index is 12.1. The van der Waals surface area contributed by atoms with E-state index in [1.807, 2.05) is 4.90 Å². The van der Waals surface area contributed by atoms with Crippen LogP contribution in [0.1, 0.15) is 29.6 Å². The van der Waals surface area contributed by atoms with Crippen LogP contribution in [0, 0.1) is 5.92 Å². The van der Waals surface area contributed by atoms with E-state index in [1.54, 1.807) is 0 Å². The molecule has 0 saturated carbocycles. The summed E-state index contributed by atoms with van der Waals surface area (Å²) in [5, 5.41) is 0. The molecule has 98 valence electrons. The van der Waals surface area contributed by atoms with Gasteiger partial charge in [-0.3, -0.25) is 4.79 Å². The lowest BCUT2D eigenvalue weighted by Crippen LogP contribution is -2.38. The van der Waals surface area contributed by atoms with Gasteiger partial charge in [-0.25, -0.2) is 4.79 Å². The van der Waals surface area contributed by atoms with Gasteiger partial charge in [0.05, 0.1) is 5.56 Å². The van der Waals surface area contributed by atoms with Crippen LogP contribution < -0.4 is 11.4 Å². The monoisotopic (exact) mass is 250 g/mol. The highest BCUT2D eigenvalue weighted by atomic mass is 16.4. The summed E-state index contributed by atoms with van der Waals surface area (Å²) in [6, 6.07) is 2.79. The summed E-state index contributed by atoms with van der Waals surface area (Å²) in [7, 11) is 0. The first-order chi connectivity index (χ1) is 8.70. The van der Waals surface area contributed by atoms with Gasteiger partial charge in [-0.2, -0.15) is 0 Å². The minimum Gasteiger partial charge on any atom is -0.430 e. The van der Waals surface area contributed by atoms with E-state index in [0.717, 1.165) is 32.4 Å². The number of nitrogens with two attached hydrogens (primary N) is 1. The largest absolute Gasteiger partial charge is 0.430 e. The molecule has 0 bridgehead atoms. The third-order valence-corrected chi connectivity index (χ3v) is 3.42. The van der Waals surface area contributed by atoms with Crippen LogP contribution >= 0.6 is 0 Å². The van der Waals surface area contributed by atoms with E-state index in [2.05, 4.69) is 0 Å². The van der Waals surface area contributed by atoms with Gasteiger partial charge < -0.3 is 15.1 Å². The van der Waals surface area contributed by atoms with Gasteiger partial charge in [0.25, 0.3) is 5.91 Å². The molecule has 18 heavy (non-hydrogen) atoms. The van der Waals surface area contributed by atoms with Crippen molar-refractivity contribution in [2.24, 2.45) is 11.7 Å². The van der Waals surface area contributed by atoms with Crippen LogP contribution in [0.5, 0.6) is 0 Å². The molecule has 1 aliphatic rings. The van der Waals surface area contributed by atoms with Crippen LogP contribution in [0.25, 0.3) is 0 Å². The van der Waals surface area contributed by atoms with Crippen molar-refractivity contribution in [2.45, 2.75) is 19.3 Å². The van der Waals surface area contributed by atoms with Crippen molar-refractivity contribution in [3.63, 3.8) is 0 Å². The summed E-state index contributed by atoms with van der Waals surface area (Å²) in [5.41, 5.74) is 5.54. The first kappa shape index (κ1) is 12.8. The van der Waals surface area contributed by atoms with Crippen molar-refractivity contribution in [1.29, 1.82) is 0 Å². The minimum absolute atomic E-state index is 0.0649. The summed E-state index contributed by atoms with van der Waals surface area (Å²) in [6.45, 7) is 2.22. The predicted molar refractivity (Wildman–Crippen MR) is 67.3 cm³/mol. The molecule has 0 unspecified atom stereocenters. The van der Waals surface area contributed by atoms with E-state index in [0.29, 0.717) is 18.0 Å². The van der Waals surface area contributed by atoms with Crippen LogP contribution in [-0.2, 0) is 0 Å². The molecule has 1 saturated heterocycles. The molecule has 1 fully saturated rings. The molecule has 2 heterocycles. The number of hydrogen-bond donors (Lipinski definition) is 1. The predicted octanol–water partition coefficient (Wildman–Crippen LogP) is 0.841. The first-order valence-electron chi connectivity index (χ1n) is 6.29. The fourth-order valence-corrected chi connectivity index (χ4v) is 2.32. The Hall–Kier alpha value is -1.62. The van der Waals surface area contributed by atoms with Crippen molar-refractivity contribution in [2.75, 3.05) is 19.6 Å². The topological polar surface area (TPSA) is 76.5 Å². The van der Waals surface area contributed by atoms with Crippen molar-refractivity contribution in [3.05, 3.63) is 34.4 Å². The van der Waals surface area contributed by atoms with Crippen LogP contribution in [0.2, 0.25) is 0 Å². The lowest BCUT2D eigenvalue weighted by Gasteiger charge is -2.31. The number of nitrogens with zero attached hydrogens (tertiary/aromatic N) is 1. The molecule has 0 atom stereocenters. The third kappa shape index (κ3) is 2.98. The number of carbonyl (C=O) groups excluding carboxylic acids is 1.